The number of alkyl halides is 1. The summed E-state index contributed by atoms with van der Waals surface area (Å²) in [4.78, 5) is 14.7. The SMILES string of the molecule is CCC(N)C1(C2=CC(F)CC(F)=C2)CCC(Oc2cc3cc[nH]c(=O)c3cc2OC)CC1. The molecule has 2 aliphatic carbocycles. The van der Waals surface area contributed by atoms with E-state index in [1.165, 1.54) is 6.08 Å². The van der Waals surface area contributed by atoms with Gasteiger partial charge < -0.3 is 20.2 Å². The number of hydrogen-bond acceptors (Lipinski definition) is 4. The summed E-state index contributed by atoms with van der Waals surface area (Å²) in [6.07, 6.45) is 6.54. The van der Waals surface area contributed by atoms with E-state index in [4.69, 9.17) is 15.2 Å². The van der Waals surface area contributed by atoms with Crippen LogP contribution in [0, 0.1) is 5.41 Å². The van der Waals surface area contributed by atoms with Crippen LogP contribution in [0.25, 0.3) is 10.8 Å². The molecule has 0 spiro atoms. The number of allylic oxidation sites excluding steroid dienone is 3. The molecule has 1 aromatic carbocycles. The average molecular weight is 445 g/mol. The largest absolute Gasteiger partial charge is 0.493 e. The number of nitrogens with two attached hydrogens (primary N) is 1. The summed E-state index contributed by atoms with van der Waals surface area (Å²) in [5.41, 5.74) is 6.55. The molecule has 0 radical (unpaired) electrons. The fourth-order valence-electron chi connectivity index (χ4n) is 5.14. The number of aromatic amines is 1. The molecule has 0 bridgehead atoms. The van der Waals surface area contributed by atoms with Gasteiger partial charge in [0, 0.05) is 24.1 Å². The van der Waals surface area contributed by atoms with E-state index in [0.717, 1.165) is 11.8 Å². The molecule has 2 aromatic rings. The van der Waals surface area contributed by atoms with Crippen LogP contribution in [0.3, 0.4) is 0 Å². The van der Waals surface area contributed by atoms with Crippen LogP contribution in [-0.4, -0.2) is 30.4 Å². The number of aromatic nitrogens is 1. The van der Waals surface area contributed by atoms with Crippen LogP contribution in [0.4, 0.5) is 8.78 Å². The molecule has 172 valence electrons. The van der Waals surface area contributed by atoms with E-state index >= 15 is 0 Å². The summed E-state index contributed by atoms with van der Waals surface area (Å²) in [5.74, 6) is 0.651. The highest BCUT2D eigenvalue weighted by molar-refractivity contribution is 5.85. The van der Waals surface area contributed by atoms with Crippen LogP contribution in [-0.2, 0) is 0 Å². The van der Waals surface area contributed by atoms with E-state index < -0.39 is 17.4 Å². The first-order valence-corrected chi connectivity index (χ1v) is 11.2. The van der Waals surface area contributed by atoms with Crippen molar-refractivity contribution in [2.45, 2.75) is 63.8 Å². The van der Waals surface area contributed by atoms with Crippen molar-refractivity contribution in [2.75, 3.05) is 7.11 Å². The Morgan fingerprint density at radius 1 is 1.28 bits per heavy atom. The molecule has 1 heterocycles. The van der Waals surface area contributed by atoms with Crippen molar-refractivity contribution in [3.05, 3.63) is 58.3 Å². The quantitative estimate of drug-likeness (QED) is 0.650. The van der Waals surface area contributed by atoms with Crippen molar-refractivity contribution < 1.29 is 18.3 Å². The van der Waals surface area contributed by atoms with Crippen molar-refractivity contribution in [3.63, 3.8) is 0 Å². The van der Waals surface area contributed by atoms with Gasteiger partial charge in [-0.1, -0.05) is 6.92 Å². The van der Waals surface area contributed by atoms with Crippen LogP contribution in [0.2, 0.25) is 0 Å². The number of rotatable bonds is 6. The van der Waals surface area contributed by atoms with Crippen LogP contribution in [0.15, 0.2) is 52.7 Å². The minimum Gasteiger partial charge on any atom is -0.493 e. The zero-order valence-corrected chi connectivity index (χ0v) is 18.5. The molecule has 4 rings (SSSR count). The topological polar surface area (TPSA) is 77.3 Å². The number of H-pyrrole nitrogens is 1. The molecule has 2 atom stereocenters. The van der Waals surface area contributed by atoms with E-state index in [1.54, 1.807) is 25.4 Å². The molecule has 2 unspecified atom stereocenters. The third-order valence-electron chi connectivity index (χ3n) is 6.96. The minimum absolute atomic E-state index is 0.0836. The maximum absolute atomic E-state index is 14.1. The van der Waals surface area contributed by atoms with Crippen molar-refractivity contribution in [2.24, 2.45) is 11.1 Å². The van der Waals surface area contributed by atoms with Gasteiger partial charge in [-0.2, -0.15) is 0 Å². The number of fused-ring (bicyclic) bond motifs is 1. The van der Waals surface area contributed by atoms with E-state index in [9.17, 15) is 13.6 Å². The molecule has 1 saturated carbocycles. The van der Waals surface area contributed by atoms with E-state index in [0.29, 0.717) is 48.1 Å². The lowest BCUT2D eigenvalue weighted by atomic mass is 9.62. The molecule has 2 aliphatic rings. The predicted molar refractivity (Wildman–Crippen MR) is 121 cm³/mol. The monoisotopic (exact) mass is 444 g/mol. The van der Waals surface area contributed by atoms with Gasteiger partial charge in [-0.15, -0.1) is 0 Å². The van der Waals surface area contributed by atoms with Crippen LogP contribution in [0.1, 0.15) is 45.4 Å². The van der Waals surface area contributed by atoms with E-state index in [2.05, 4.69) is 4.98 Å². The zero-order chi connectivity index (χ0) is 22.9. The normalized spacial score (nSPS) is 26.9. The fraction of sp³-hybridized carbons (Fsp3) is 0.480. The van der Waals surface area contributed by atoms with Gasteiger partial charge in [0.1, 0.15) is 12.0 Å². The number of methoxy groups -OCH3 is 1. The lowest BCUT2D eigenvalue weighted by Gasteiger charge is -2.46. The number of halogens is 2. The predicted octanol–water partition coefficient (Wildman–Crippen LogP) is 5.10. The molecule has 5 nitrogen and oxygen atoms in total. The fourth-order valence-corrected chi connectivity index (χ4v) is 5.14. The van der Waals surface area contributed by atoms with Gasteiger partial charge in [0.15, 0.2) is 11.5 Å². The number of nitrogens with one attached hydrogen (secondary N) is 1. The molecule has 1 fully saturated rings. The Hall–Kier alpha value is -2.67. The second kappa shape index (κ2) is 9.06. The third kappa shape index (κ3) is 4.18. The molecule has 0 saturated heterocycles. The van der Waals surface area contributed by atoms with Gasteiger partial charge in [0.2, 0.25) is 0 Å². The first-order chi connectivity index (χ1) is 15.4. The molecule has 32 heavy (non-hydrogen) atoms. The van der Waals surface area contributed by atoms with Crippen molar-refractivity contribution in [3.8, 4) is 11.5 Å². The Kier molecular flexibility index (Phi) is 6.38. The second-order valence-corrected chi connectivity index (χ2v) is 8.82. The maximum atomic E-state index is 14.1. The summed E-state index contributed by atoms with van der Waals surface area (Å²) in [5, 5.41) is 1.30. The molecule has 0 amide bonds. The van der Waals surface area contributed by atoms with Crippen molar-refractivity contribution in [1.29, 1.82) is 0 Å². The number of benzene rings is 1. The van der Waals surface area contributed by atoms with Gasteiger partial charge in [0.05, 0.1) is 18.6 Å². The Morgan fingerprint density at radius 3 is 2.69 bits per heavy atom. The molecular formula is C25H30F2N2O3. The van der Waals surface area contributed by atoms with Gasteiger partial charge in [0.25, 0.3) is 5.56 Å². The maximum Gasteiger partial charge on any atom is 0.255 e. The summed E-state index contributed by atoms with van der Waals surface area (Å²) >= 11 is 0. The van der Waals surface area contributed by atoms with Gasteiger partial charge >= 0.3 is 0 Å². The molecular weight excluding hydrogens is 414 g/mol. The third-order valence-corrected chi connectivity index (χ3v) is 6.96. The van der Waals surface area contributed by atoms with Crippen LogP contribution in [0.5, 0.6) is 11.5 Å². The number of pyridine rings is 1. The highest BCUT2D eigenvalue weighted by atomic mass is 19.1. The highest BCUT2D eigenvalue weighted by Gasteiger charge is 2.43. The minimum atomic E-state index is -1.31. The first kappa shape index (κ1) is 22.5. The molecule has 1 aromatic heterocycles. The van der Waals surface area contributed by atoms with E-state index in [-0.39, 0.29) is 24.1 Å². The van der Waals surface area contributed by atoms with Gasteiger partial charge in [-0.05, 0) is 73.4 Å². The molecule has 3 N–H and O–H groups in total. The zero-order valence-electron chi connectivity index (χ0n) is 18.5. The van der Waals surface area contributed by atoms with Crippen molar-refractivity contribution >= 4 is 10.8 Å². The number of hydrogen-bond donors (Lipinski definition) is 2. The standard InChI is InChI=1S/C25H30F2N2O3/c1-3-23(28)25(16-11-17(26)13-18(27)12-16)7-4-19(5-8-25)32-22-10-15-6-9-29-24(30)20(15)14-21(22)31-2/h6,9-12,14,17,19,23H,3-5,7-8,13,28H2,1-2H3,(H,29,30). The van der Waals surface area contributed by atoms with Crippen molar-refractivity contribution in [1.82, 2.24) is 4.98 Å². The summed E-state index contributed by atoms with van der Waals surface area (Å²) in [6, 6.07) is 5.13. The summed E-state index contributed by atoms with van der Waals surface area (Å²) < 4.78 is 39.9. The Balaban J connectivity index is 1.57. The Morgan fingerprint density at radius 2 is 2.03 bits per heavy atom. The lowest BCUT2D eigenvalue weighted by Crippen LogP contribution is -2.47. The summed E-state index contributed by atoms with van der Waals surface area (Å²) in [6.45, 7) is 2.01. The Labute approximate surface area is 186 Å². The lowest BCUT2D eigenvalue weighted by molar-refractivity contribution is 0.0812. The first-order valence-electron chi connectivity index (χ1n) is 11.2. The molecule has 0 aliphatic heterocycles. The van der Waals surface area contributed by atoms with E-state index in [1.807, 2.05) is 19.1 Å². The number of ether oxygens (including phenoxy) is 2. The summed E-state index contributed by atoms with van der Waals surface area (Å²) in [7, 11) is 1.54. The van der Waals surface area contributed by atoms with Crippen LogP contribution >= 0.6 is 0 Å². The van der Waals surface area contributed by atoms with Gasteiger partial charge in [-0.25, -0.2) is 8.78 Å². The average Bonchev–Trinajstić information content (AvgIpc) is 2.78. The highest BCUT2D eigenvalue weighted by Crippen LogP contribution is 2.49. The Bertz CT molecular complexity index is 1100. The second-order valence-electron chi connectivity index (χ2n) is 8.82. The smallest absolute Gasteiger partial charge is 0.255 e. The molecule has 7 heteroatoms. The van der Waals surface area contributed by atoms with Crippen LogP contribution < -0.4 is 20.8 Å². The van der Waals surface area contributed by atoms with Gasteiger partial charge in [-0.3, -0.25) is 4.79 Å².